The molecule has 1 heteroatoms. The third-order valence-electron chi connectivity index (χ3n) is 11.9. The monoisotopic (exact) mass is 688 g/mol. The number of fused-ring (bicyclic) bond motifs is 7. The van der Waals surface area contributed by atoms with Crippen molar-refractivity contribution in [2.24, 2.45) is 0 Å². The molecule has 0 bridgehead atoms. The largest absolute Gasteiger partial charge is 0.456 e. The van der Waals surface area contributed by atoms with Crippen LogP contribution in [0.2, 0.25) is 0 Å². The summed E-state index contributed by atoms with van der Waals surface area (Å²) < 4.78 is 6.62. The minimum atomic E-state index is -0.123. The van der Waals surface area contributed by atoms with E-state index >= 15 is 0 Å². The van der Waals surface area contributed by atoms with Gasteiger partial charge in [-0.1, -0.05) is 166 Å². The van der Waals surface area contributed by atoms with Crippen LogP contribution in [0.15, 0.2) is 182 Å². The van der Waals surface area contributed by atoms with Crippen molar-refractivity contribution in [1.82, 2.24) is 0 Å². The summed E-state index contributed by atoms with van der Waals surface area (Å²) in [6.45, 7) is 4.76. The Bertz CT molecular complexity index is 2970. The lowest BCUT2D eigenvalue weighted by molar-refractivity contribution is 0.487. The van der Waals surface area contributed by atoms with Crippen LogP contribution in [-0.2, 0) is 5.41 Å². The predicted molar refractivity (Wildman–Crippen MR) is 226 cm³/mol. The molecular formula is C53H36O. The molecule has 0 saturated heterocycles. The van der Waals surface area contributed by atoms with E-state index in [-0.39, 0.29) is 5.41 Å². The van der Waals surface area contributed by atoms with Gasteiger partial charge in [0, 0.05) is 16.4 Å². The Hall–Kier alpha value is -6.70. The maximum absolute atomic E-state index is 6.62. The Labute approximate surface area is 315 Å². The number of rotatable bonds is 4. The standard InChI is InChI=1S/C53H36O/c1-53(2)47-27-22-35-16-9-10-17-41(35)51(47)44-25-21-38(32-48(44)53)45-31-37(20-24-39(45)34-14-7-4-8-15-34)40-26-29-50-52-42(40)18-11-19-43(52)46-30-36(23-28-49(46)54-50)33-12-5-3-6-13-33/h3-32H,1-2H3. The molecule has 0 unspecified atom stereocenters. The maximum Gasteiger partial charge on any atom is 0.135 e. The van der Waals surface area contributed by atoms with Crippen molar-refractivity contribution >= 4 is 21.5 Å². The molecule has 0 N–H and O–H groups in total. The van der Waals surface area contributed by atoms with Crippen molar-refractivity contribution in [1.29, 1.82) is 0 Å². The summed E-state index contributed by atoms with van der Waals surface area (Å²) in [6.07, 6.45) is 0. The van der Waals surface area contributed by atoms with E-state index < -0.39 is 0 Å². The van der Waals surface area contributed by atoms with Crippen LogP contribution in [0.1, 0.15) is 25.0 Å². The molecule has 0 saturated carbocycles. The second-order valence-corrected chi connectivity index (χ2v) is 15.2. The summed E-state index contributed by atoms with van der Waals surface area (Å²) in [5, 5.41) is 4.96. The third kappa shape index (κ3) is 4.58. The summed E-state index contributed by atoms with van der Waals surface area (Å²) >= 11 is 0. The van der Waals surface area contributed by atoms with Gasteiger partial charge in [-0.3, -0.25) is 0 Å². The highest BCUT2D eigenvalue weighted by atomic mass is 16.5. The van der Waals surface area contributed by atoms with Crippen molar-refractivity contribution in [3.05, 3.63) is 193 Å². The minimum Gasteiger partial charge on any atom is -0.456 e. The van der Waals surface area contributed by atoms with E-state index in [9.17, 15) is 0 Å². The molecule has 0 atom stereocenters. The van der Waals surface area contributed by atoms with E-state index in [0.717, 1.165) is 22.4 Å². The first kappa shape index (κ1) is 30.9. The second kappa shape index (κ2) is 11.7. The predicted octanol–water partition coefficient (Wildman–Crippen LogP) is 14.7. The van der Waals surface area contributed by atoms with Crippen LogP contribution in [0.4, 0.5) is 0 Å². The van der Waals surface area contributed by atoms with Gasteiger partial charge in [0.15, 0.2) is 0 Å². The smallest absolute Gasteiger partial charge is 0.135 e. The fourth-order valence-corrected chi connectivity index (χ4v) is 9.19. The van der Waals surface area contributed by atoms with Gasteiger partial charge in [-0.15, -0.1) is 0 Å². The van der Waals surface area contributed by atoms with E-state index in [2.05, 4.69) is 196 Å². The van der Waals surface area contributed by atoms with Crippen LogP contribution >= 0.6 is 0 Å². The average Bonchev–Trinajstić information content (AvgIpc) is 3.47. The molecule has 254 valence electrons. The lowest BCUT2D eigenvalue weighted by atomic mass is 9.80. The zero-order chi connectivity index (χ0) is 36.0. The van der Waals surface area contributed by atoms with Crippen molar-refractivity contribution in [3.8, 4) is 78.3 Å². The Balaban J connectivity index is 1.09. The van der Waals surface area contributed by atoms with Gasteiger partial charge in [-0.05, 0) is 119 Å². The fourth-order valence-electron chi connectivity index (χ4n) is 9.19. The van der Waals surface area contributed by atoms with E-state index in [1.165, 1.54) is 88.5 Å². The van der Waals surface area contributed by atoms with Crippen molar-refractivity contribution < 1.29 is 4.74 Å². The number of hydrogen-bond donors (Lipinski definition) is 0. The van der Waals surface area contributed by atoms with Crippen LogP contribution in [0.3, 0.4) is 0 Å². The van der Waals surface area contributed by atoms with Crippen molar-refractivity contribution in [3.63, 3.8) is 0 Å². The Morgan fingerprint density at radius 2 is 1.00 bits per heavy atom. The molecular weight excluding hydrogens is 653 g/mol. The molecule has 9 aromatic carbocycles. The summed E-state index contributed by atoms with van der Waals surface area (Å²) in [5.74, 6) is 1.80. The number of benzene rings is 9. The summed E-state index contributed by atoms with van der Waals surface area (Å²) in [5.41, 5.74) is 17.4. The summed E-state index contributed by atoms with van der Waals surface area (Å²) in [6, 6.07) is 66.6. The lowest BCUT2D eigenvalue weighted by Crippen LogP contribution is -2.15. The summed E-state index contributed by atoms with van der Waals surface area (Å²) in [4.78, 5) is 0. The topological polar surface area (TPSA) is 9.23 Å². The van der Waals surface area contributed by atoms with Crippen LogP contribution < -0.4 is 4.74 Å². The lowest BCUT2D eigenvalue weighted by Gasteiger charge is -2.24. The SMILES string of the molecule is CC1(C)c2cc(-c3cc(-c4ccc5c6c(cccc46)-c4cc(-c6ccccc6)ccc4O5)ccc3-c3ccccc3)ccc2-c2c1ccc1ccccc21. The Morgan fingerprint density at radius 1 is 0.352 bits per heavy atom. The quantitative estimate of drug-likeness (QED) is 0.179. The minimum absolute atomic E-state index is 0.123. The first-order valence-corrected chi connectivity index (χ1v) is 18.8. The van der Waals surface area contributed by atoms with Crippen molar-refractivity contribution in [2.75, 3.05) is 0 Å². The first-order valence-electron chi connectivity index (χ1n) is 18.8. The maximum atomic E-state index is 6.62. The zero-order valence-electron chi connectivity index (χ0n) is 30.2. The van der Waals surface area contributed by atoms with Crippen LogP contribution in [0.5, 0.6) is 11.5 Å². The van der Waals surface area contributed by atoms with Gasteiger partial charge in [-0.2, -0.15) is 0 Å². The highest BCUT2D eigenvalue weighted by molar-refractivity contribution is 6.11. The molecule has 0 amide bonds. The molecule has 0 aromatic heterocycles. The van der Waals surface area contributed by atoms with Crippen molar-refractivity contribution in [2.45, 2.75) is 19.3 Å². The third-order valence-corrected chi connectivity index (χ3v) is 11.9. The molecule has 54 heavy (non-hydrogen) atoms. The highest BCUT2D eigenvalue weighted by Gasteiger charge is 2.36. The van der Waals surface area contributed by atoms with E-state index in [0.29, 0.717) is 0 Å². The summed E-state index contributed by atoms with van der Waals surface area (Å²) in [7, 11) is 0. The molecule has 1 heterocycles. The average molecular weight is 689 g/mol. The van der Waals surface area contributed by atoms with E-state index in [1.807, 2.05) is 0 Å². The highest BCUT2D eigenvalue weighted by Crippen LogP contribution is 2.53. The molecule has 1 aliphatic heterocycles. The van der Waals surface area contributed by atoms with Gasteiger partial charge < -0.3 is 4.74 Å². The van der Waals surface area contributed by atoms with Crippen LogP contribution in [0.25, 0.3) is 88.3 Å². The molecule has 0 radical (unpaired) electrons. The zero-order valence-corrected chi connectivity index (χ0v) is 30.2. The Morgan fingerprint density at radius 3 is 1.83 bits per heavy atom. The first-order chi connectivity index (χ1) is 26.5. The van der Waals surface area contributed by atoms with E-state index in [4.69, 9.17) is 4.74 Å². The van der Waals surface area contributed by atoms with Crippen LogP contribution in [0, 0.1) is 0 Å². The Kier molecular flexibility index (Phi) is 6.66. The van der Waals surface area contributed by atoms with Gasteiger partial charge in [-0.25, -0.2) is 0 Å². The van der Waals surface area contributed by atoms with Gasteiger partial charge in [0.2, 0.25) is 0 Å². The number of hydrogen-bond acceptors (Lipinski definition) is 1. The van der Waals surface area contributed by atoms with E-state index in [1.54, 1.807) is 0 Å². The molecule has 9 aromatic rings. The van der Waals surface area contributed by atoms with Gasteiger partial charge in [0.25, 0.3) is 0 Å². The van der Waals surface area contributed by atoms with Crippen LogP contribution in [-0.4, -0.2) is 0 Å². The molecule has 1 nitrogen and oxygen atoms in total. The molecule has 0 spiro atoms. The fraction of sp³-hybridized carbons (Fsp3) is 0.0566. The molecule has 2 aliphatic rings. The normalized spacial score (nSPS) is 13.3. The number of ether oxygens (including phenoxy) is 1. The molecule has 11 rings (SSSR count). The second-order valence-electron chi connectivity index (χ2n) is 15.2. The molecule has 1 aliphatic carbocycles. The van der Waals surface area contributed by atoms with Gasteiger partial charge in [0.1, 0.15) is 11.5 Å². The van der Waals surface area contributed by atoms with Gasteiger partial charge >= 0.3 is 0 Å². The van der Waals surface area contributed by atoms with Gasteiger partial charge in [0.05, 0.1) is 0 Å². The molecule has 0 fully saturated rings.